The van der Waals surface area contributed by atoms with Crippen LogP contribution in [0.15, 0.2) is 16.2 Å². The average molecular weight is 295 g/mol. The highest BCUT2D eigenvalue weighted by atomic mass is 32.1. The molecule has 20 heavy (non-hydrogen) atoms. The fraction of sp³-hybridized carbons (Fsp3) is 0.462. The molecule has 0 atom stereocenters. The van der Waals surface area contributed by atoms with Gasteiger partial charge in [-0.1, -0.05) is 0 Å². The highest BCUT2D eigenvalue weighted by Crippen LogP contribution is 2.13. The molecule has 0 bridgehead atoms. The van der Waals surface area contributed by atoms with Crippen LogP contribution in [0, 0.1) is 0 Å². The zero-order chi connectivity index (χ0) is 14.7. The van der Waals surface area contributed by atoms with E-state index in [-0.39, 0.29) is 30.7 Å². The van der Waals surface area contributed by atoms with Gasteiger partial charge in [-0.05, 0) is 25.3 Å². The number of aromatic amines is 1. The van der Waals surface area contributed by atoms with Gasteiger partial charge in [-0.15, -0.1) is 11.3 Å². The highest BCUT2D eigenvalue weighted by molar-refractivity contribution is 7.17. The summed E-state index contributed by atoms with van der Waals surface area (Å²) in [7, 11) is 1.66. The zero-order valence-electron chi connectivity index (χ0n) is 11.7. The summed E-state index contributed by atoms with van der Waals surface area (Å²) >= 11 is 1.35. The van der Waals surface area contributed by atoms with E-state index in [2.05, 4.69) is 9.97 Å². The number of fused-ring (bicyclic) bond motifs is 1. The predicted octanol–water partition coefficient (Wildman–Crippen LogP) is 1.37. The molecule has 0 saturated heterocycles. The number of thiophene rings is 1. The van der Waals surface area contributed by atoms with E-state index in [0.29, 0.717) is 16.0 Å². The van der Waals surface area contributed by atoms with Crippen molar-refractivity contribution in [3.63, 3.8) is 0 Å². The lowest BCUT2D eigenvalue weighted by Gasteiger charge is -2.17. The molecule has 0 aliphatic heterocycles. The van der Waals surface area contributed by atoms with E-state index >= 15 is 0 Å². The first-order valence-electron chi connectivity index (χ1n) is 6.29. The van der Waals surface area contributed by atoms with Crippen LogP contribution >= 0.6 is 11.3 Å². The summed E-state index contributed by atoms with van der Waals surface area (Å²) in [6.07, 6.45) is 0.00689. The highest BCUT2D eigenvalue weighted by Gasteiger charge is 2.13. The number of nitrogens with one attached hydrogen (secondary N) is 1. The maximum Gasteiger partial charge on any atom is 0.268 e. The number of amides is 1. The lowest BCUT2D eigenvalue weighted by Crippen LogP contribution is -2.32. The van der Waals surface area contributed by atoms with E-state index in [1.54, 1.807) is 13.1 Å². The Balaban J connectivity index is 2.07. The maximum absolute atomic E-state index is 11.8. The number of carbonyl (C=O) groups is 1. The third-order valence-electron chi connectivity index (χ3n) is 2.72. The molecule has 6 nitrogen and oxygen atoms in total. The largest absolute Gasteiger partial charge is 0.369 e. The molecule has 2 rings (SSSR count). The van der Waals surface area contributed by atoms with Crippen LogP contribution in [-0.4, -0.2) is 40.5 Å². The first-order valence-corrected chi connectivity index (χ1v) is 7.17. The van der Waals surface area contributed by atoms with Crippen molar-refractivity contribution in [1.82, 2.24) is 14.9 Å². The molecule has 0 spiro atoms. The van der Waals surface area contributed by atoms with Gasteiger partial charge < -0.3 is 14.6 Å². The van der Waals surface area contributed by atoms with Gasteiger partial charge in [0.1, 0.15) is 17.1 Å². The number of aromatic nitrogens is 2. The van der Waals surface area contributed by atoms with Gasteiger partial charge in [0.25, 0.3) is 5.56 Å². The Bertz CT molecular complexity index is 662. The summed E-state index contributed by atoms with van der Waals surface area (Å²) in [5.74, 6) is 0.327. The first-order chi connectivity index (χ1) is 9.47. The molecular weight excluding hydrogens is 278 g/mol. The van der Waals surface area contributed by atoms with Crippen LogP contribution in [0.2, 0.25) is 0 Å². The van der Waals surface area contributed by atoms with Crippen molar-refractivity contribution in [2.45, 2.75) is 26.5 Å². The van der Waals surface area contributed by atoms with E-state index < -0.39 is 0 Å². The third-order valence-corrected chi connectivity index (χ3v) is 3.62. The summed E-state index contributed by atoms with van der Waals surface area (Å²) in [4.78, 5) is 32.2. The second-order valence-electron chi connectivity index (χ2n) is 4.76. The van der Waals surface area contributed by atoms with Crippen molar-refractivity contribution >= 4 is 27.5 Å². The number of H-pyrrole nitrogens is 1. The zero-order valence-corrected chi connectivity index (χ0v) is 12.5. The van der Waals surface area contributed by atoms with Gasteiger partial charge >= 0.3 is 0 Å². The molecule has 0 radical (unpaired) electrons. The number of likely N-dealkylation sites (N-methyl/N-ethyl adjacent to an activating group) is 1. The lowest BCUT2D eigenvalue weighted by molar-refractivity contribution is -0.136. The smallest absolute Gasteiger partial charge is 0.268 e. The van der Waals surface area contributed by atoms with Crippen molar-refractivity contribution in [3.05, 3.63) is 27.6 Å². The Morgan fingerprint density at radius 1 is 1.55 bits per heavy atom. The lowest BCUT2D eigenvalue weighted by atomic mass is 10.4. The van der Waals surface area contributed by atoms with Gasteiger partial charge in [-0.25, -0.2) is 4.98 Å². The van der Waals surface area contributed by atoms with Crippen LogP contribution in [0.4, 0.5) is 0 Å². The van der Waals surface area contributed by atoms with Crippen molar-refractivity contribution in [2.75, 3.05) is 13.7 Å². The van der Waals surface area contributed by atoms with E-state index in [4.69, 9.17) is 4.74 Å². The van der Waals surface area contributed by atoms with Crippen LogP contribution in [0.1, 0.15) is 19.7 Å². The number of nitrogens with zero attached hydrogens (tertiary/aromatic N) is 2. The normalized spacial score (nSPS) is 11.2. The quantitative estimate of drug-likeness (QED) is 0.904. The van der Waals surface area contributed by atoms with Gasteiger partial charge in [-0.3, -0.25) is 9.59 Å². The van der Waals surface area contributed by atoms with E-state index in [1.165, 1.54) is 16.2 Å². The number of carbonyl (C=O) groups excluding carboxylic acids is 1. The Labute approximate surface area is 120 Å². The summed E-state index contributed by atoms with van der Waals surface area (Å²) < 4.78 is 5.86. The van der Waals surface area contributed by atoms with Crippen molar-refractivity contribution in [2.24, 2.45) is 0 Å². The van der Waals surface area contributed by atoms with E-state index in [1.807, 2.05) is 19.2 Å². The SMILES string of the molecule is CC(C)OCC(=O)N(C)Cc1nc2ccsc2c(=O)[nH]1. The third kappa shape index (κ3) is 3.43. The van der Waals surface area contributed by atoms with Crippen molar-refractivity contribution in [1.29, 1.82) is 0 Å². The fourth-order valence-corrected chi connectivity index (χ4v) is 2.38. The van der Waals surface area contributed by atoms with Gasteiger partial charge in [0, 0.05) is 7.05 Å². The molecule has 0 aromatic carbocycles. The monoisotopic (exact) mass is 295 g/mol. The Morgan fingerprint density at radius 3 is 3.00 bits per heavy atom. The number of hydrogen-bond donors (Lipinski definition) is 1. The number of ether oxygens (including phenoxy) is 1. The molecule has 0 aliphatic rings. The Hall–Kier alpha value is -1.73. The molecule has 2 aromatic heterocycles. The van der Waals surface area contributed by atoms with Gasteiger partial charge in [0.15, 0.2) is 0 Å². The summed E-state index contributed by atoms with van der Waals surface area (Å²) in [5, 5.41) is 1.82. The van der Waals surface area contributed by atoms with E-state index in [0.717, 1.165) is 0 Å². The van der Waals surface area contributed by atoms with Crippen LogP contribution < -0.4 is 5.56 Å². The molecule has 1 N–H and O–H groups in total. The molecule has 1 amide bonds. The van der Waals surface area contributed by atoms with Crippen molar-refractivity contribution < 1.29 is 9.53 Å². The van der Waals surface area contributed by atoms with Crippen LogP contribution in [0.5, 0.6) is 0 Å². The standard InChI is InChI=1S/C13H17N3O3S/c1-8(2)19-7-11(17)16(3)6-10-14-9-4-5-20-12(9)13(18)15-10/h4-5,8H,6-7H2,1-3H3,(H,14,15,18). The van der Waals surface area contributed by atoms with E-state index in [9.17, 15) is 9.59 Å². The molecule has 0 fully saturated rings. The van der Waals surface area contributed by atoms with Crippen LogP contribution in [0.25, 0.3) is 10.2 Å². The molecule has 0 aliphatic carbocycles. The molecule has 2 heterocycles. The van der Waals surface area contributed by atoms with Gasteiger partial charge in [0.2, 0.25) is 5.91 Å². The second kappa shape index (κ2) is 6.15. The minimum absolute atomic E-state index is 0.00689. The number of rotatable bonds is 5. The molecule has 0 unspecified atom stereocenters. The minimum atomic E-state index is -0.167. The molecule has 2 aromatic rings. The molecule has 0 saturated carbocycles. The van der Waals surface area contributed by atoms with Gasteiger partial charge in [-0.2, -0.15) is 0 Å². The fourth-order valence-electron chi connectivity index (χ4n) is 1.66. The van der Waals surface area contributed by atoms with Crippen LogP contribution in [0.3, 0.4) is 0 Å². The molecule has 7 heteroatoms. The predicted molar refractivity (Wildman–Crippen MR) is 77.8 cm³/mol. The summed E-state index contributed by atoms with van der Waals surface area (Å²) in [5.41, 5.74) is 0.493. The minimum Gasteiger partial charge on any atom is -0.369 e. The molecule has 108 valence electrons. The first kappa shape index (κ1) is 14.7. The summed E-state index contributed by atoms with van der Waals surface area (Å²) in [6, 6.07) is 1.79. The molecular formula is C13H17N3O3S. The summed E-state index contributed by atoms with van der Waals surface area (Å²) in [6.45, 7) is 4.02. The maximum atomic E-state index is 11.8. The van der Waals surface area contributed by atoms with Gasteiger partial charge in [0.05, 0.1) is 18.2 Å². The Kier molecular flexibility index (Phi) is 4.51. The van der Waals surface area contributed by atoms with Crippen LogP contribution in [-0.2, 0) is 16.1 Å². The Morgan fingerprint density at radius 2 is 2.30 bits per heavy atom. The average Bonchev–Trinajstić information content (AvgIpc) is 2.84. The topological polar surface area (TPSA) is 75.3 Å². The number of hydrogen-bond acceptors (Lipinski definition) is 5. The second-order valence-corrected chi connectivity index (χ2v) is 5.67. The van der Waals surface area contributed by atoms with Crippen molar-refractivity contribution in [3.8, 4) is 0 Å².